The standard InChI is InChI=1S/C27H33ClF3N3O2/c1-14-11-16-17-5-6-19(24(36)33-23-20(28)12-15(13-32-23)27(29,30)31)25(17,2)9-7-18(16)26(3)10-8-21(35)34(4)22(14)26/h12-13,16-19H,5-11H2,1-4H3,(H,32,33,36)/t16-,17-,18-,19+,25-,26+/m0/s1. The van der Waals surface area contributed by atoms with Gasteiger partial charge in [-0.15, -0.1) is 0 Å². The molecule has 0 radical (unpaired) electrons. The second-order valence-corrected chi connectivity index (χ2v) is 12.2. The van der Waals surface area contributed by atoms with Crippen LogP contribution in [-0.2, 0) is 15.8 Å². The average molecular weight is 524 g/mol. The number of rotatable bonds is 2. The van der Waals surface area contributed by atoms with Gasteiger partial charge in [-0.3, -0.25) is 9.59 Å². The number of nitrogens with one attached hydrogen (secondary N) is 1. The predicted octanol–water partition coefficient (Wildman–Crippen LogP) is 6.69. The lowest BCUT2D eigenvalue weighted by Gasteiger charge is -2.59. The Labute approximate surface area is 214 Å². The third-order valence-electron chi connectivity index (χ3n) is 10.0. The Hall–Kier alpha value is -2.09. The van der Waals surface area contributed by atoms with Gasteiger partial charge < -0.3 is 10.2 Å². The lowest BCUT2D eigenvalue weighted by molar-refractivity contribution is -0.138. The van der Waals surface area contributed by atoms with Crippen molar-refractivity contribution in [2.24, 2.45) is 34.5 Å². The maximum Gasteiger partial charge on any atom is 0.417 e. The molecule has 1 aromatic rings. The van der Waals surface area contributed by atoms with Gasteiger partial charge in [0, 0.05) is 36.7 Å². The predicted molar refractivity (Wildman–Crippen MR) is 131 cm³/mol. The van der Waals surface area contributed by atoms with Gasteiger partial charge in [0.25, 0.3) is 0 Å². The highest BCUT2D eigenvalue weighted by Gasteiger charge is 2.61. The summed E-state index contributed by atoms with van der Waals surface area (Å²) < 4.78 is 38.9. The summed E-state index contributed by atoms with van der Waals surface area (Å²) in [6.07, 6.45) is 2.11. The molecule has 1 saturated heterocycles. The fourth-order valence-corrected chi connectivity index (χ4v) is 8.64. The quantitative estimate of drug-likeness (QED) is 0.470. The molecular formula is C27H33ClF3N3O2. The zero-order chi connectivity index (χ0) is 26.2. The Morgan fingerprint density at radius 1 is 1.19 bits per heavy atom. The summed E-state index contributed by atoms with van der Waals surface area (Å²) in [5.41, 5.74) is 1.31. The van der Waals surface area contributed by atoms with E-state index in [-0.39, 0.29) is 39.4 Å². The summed E-state index contributed by atoms with van der Waals surface area (Å²) in [5.74, 6) is 0.984. The van der Waals surface area contributed by atoms with Crippen molar-refractivity contribution in [3.63, 3.8) is 0 Å². The van der Waals surface area contributed by atoms with Crippen LogP contribution in [-0.4, -0.2) is 28.7 Å². The Kier molecular flexibility index (Phi) is 6.01. The van der Waals surface area contributed by atoms with E-state index in [2.05, 4.69) is 31.1 Å². The number of amides is 2. The van der Waals surface area contributed by atoms with Gasteiger partial charge in [0.1, 0.15) is 0 Å². The van der Waals surface area contributed by atoms with Gasteiger partial charge in [-0.1, -0.05) is 31.0 Å². The SMILES string of the molecule is CC1=C2N(C)C(=O)CC[C@]2(C)[C@H]2CC[C@]3(C)[C@@H](C(=O)Nc4ncc(C(F)(F)F)cc4Cl)CC[C@H]3[C@@H]2C1. The fraction of sp³-hybridized carbons (Fsp3) is 0.667. The van der Waals surface area contributed by atoms with Crippen LogP contribution in [0.15, 0.2) is 23.5 Å². The fourth-order valence-electron chi connectivity index (χ4n) is 8.43. The third kappa shape index (κ3) is 3.77. The number of carbonyl (C=O) groups excluding carboxylic acids is 2. The molecule has 4 aliphatic rings. The molecule has 0 unspecified atom stereocenters. The second kappa shape index (κ2) is 8.47. The minimum Gasteiger partial charge on any atom is -0.319 e. The van der Waals surface area contributed by atoms with Crippen molar-refractivity contribution < 1.29 is 22.8 Å². The molecule has 0 spiro atoms. The molecular weight excluding hydrogens is 491 g/mol. The zero-order valence-electron chi connectivity index (χ0n) is 21.1. The Balaban J connectivity index is 1.38. The van der Waals surface area contributed by atoms with Crippen LogP contribution in [0.1, 0.15) is 71.3 Å². The van der Waals surface area contributed by atoms with Gasteiger partial charge >= 0.3 is 6.18 Å². The van der Waals surface area contributed by atoms with E-state index in [9.17, 15) is 22.8 Å². The number of pyridine rings is 1. The largest absolute Gasteiger partial charge is 0.417 e. The number of allylic oxidation sites excluding steroid dienone is 2. The first-order valence-corrected chi connectivity index (χ1v) is 13.2. The van der Waals surface area contributed by atoms with E-state index in [1.165, 1.54) is 11.3 Å². The summed E-state index contributed by atoms with van der Waals surface area (Å²) >= 11 is 6.06. The number of hydrogen-bond acceptors (Lipinski definition) is 3. The second-order valence-electron chi connectivity index (χ2n) is 11.8. The Morgan fingerprint density at radius 3 is 2.58 bits per heavy atom. The van der Waals surface area contributed by atoms with Crippen LogP contribution in [0.2, 0.25) is 5.02 Å². The first-order chi connectivity index (χ1) is 16.8. The van der Waals surface area contributed by atoms with E-state index in [0.717, 1.165) is 44.6 Å². The molecule has 5 rings (SSSR count). The molecule has 6 atom stereocenters. The zero-order valence-corrected chi connectivity index (χ0v) is 21.9. The van der Waals surface area contributed by atoms with E-state index in [4.69, 9.17) is 11.6 Å². The van der Waals surface area contributed by atoms with Gasteiger partial charge in [0.2, 0.25) is 11.8 Å². The van der Waals surface area contributed by atoms with Gasteiger partial charge in [-0.2, -0.15) is 13.2 Å². The summed E-state index contributed by atoms with van der Waals surface area (Å²) in [7, 11) is 1.90. The van der Waals surface area contributed by atoms with Crippen molar-refractivity contribution >= 4 is 29.2 Å². The molecule has 1 aromatic heterocycles. The first kappa shape index (κ1) is 25.6. The van der Waals surface area contributed by atoms with Crippen molar-refractivity contribution in [2.75, 3.05) is 12.4 Å². The average Bonchev–Trinajstić information content (AvgIpc) is 3.15. The van der Waals surface area contributed by atoms with Crippen molar-refractivity contribution in [2.45, 2.75) is 71.9 Å². The van der Waals surface area contributed by atoms with E-state index >= 15 is 0 Å². The number of carbonyl (C=O) groups is 2. The van der Waals surface area contributed by atoms with E-state index in [1.54, 1.807) is 0 Å². The molecule has 2 amide bonds. The number of hydrogen-bond donors (Lipinski definition) is 1. The molecule has 2 saturated carbocycles. The molecule has 1 aliphatic heterocycles. The number of alkyl halides is 3. The van der Waals surface area contributed by atoms with Crippen molar-refractivity contribution in [3.8, 4) is 0 Å². The third-order valence-corrected chi connectivity index (χ3v) is 10.3. The maximum atomic E-state index is 13.4. The molecule has 3 fully saturated rings. The smallest absolute Gasteiger partial charge is 0.319 e. The number of piperidine rings is 1. The summed E-state index contributed by atoms with van der Waals surface area (Å²) in [5, 5.41) is 2.51. The highest BCUT2D eigenvalue weighted by Crippen LogP contribution is 2.67. The van der Waals surface area contributed by atoms with Crippen LogP contribution in [0.3, 0.4) is 0 Å². The van der Waals surface area contributed by atoms with Crippen molar-refractivity contribution in [1.29, 1.82) is 0 Å². The van der Waals surface area contributed by atoms with Gasteiger partial charge in [-0.25, -0.2) is 4.98 Å². The molecule has 2 heterocycles. The molecule has 1 N–H and O–H groups in total. The highest BCUT2D eigenvalue weighted by molar-refractivity contribution is 6.33. The number of fused-ring (bicyclic) bond motifs is 5. The number of halogens is 4. The minimum atomic E-state index is -4.55. The molecule has 0 bridgehead atoms. The minimum absolute atomic E-state index is 0.0288. The number of nitrogens with zero attached hydrogens (tertiary/aromatic N) is 2. The highest BCUT2D eigenvalue weighted by atomic mass is 35.5. The summed E-state index contributed by atoms with van der Waals surface area (Å²) in [4.78, 5) is 31.6. The topological polar surface area (TPSA) is 62.3 Å². The van der Waals surface area contributed by atoms with Crippen LogP contribution in [0.5, 0.6) is 0 Å². The number of anilines is 1. The number of likely N-dealkylation sites (tertiary alicyclic amines) is 1. The van der Waals surface area contributed by atoms with E-state index in [0.29, 0.717) is 30.4 Å². The van der Waals surface area contributed by atoms with Crippen LogP contribution in [0.4, 0.5) is 19.0 Å². The van der Waals surface area contributed by atoms with Gasteiger partial charge in [-0.05, 0) is 74.7 Å². The van der Waals surface area contributed by atoms with Gasteiger partial charge in [0.05, 0.1) is 10.6 Å². The monoisotopic (exact) mass is 523 g/mol. The van der Waals surface area contributed by atoms with Crippen molar-refractivity contribution in [1.82, 2.24) is 9.88 Å². The van der Waals surface area contributed by atoms with Gasteiger partial charge in [0.15, 0.2) is 5.82 Å². The Bertz CT molecular complexity index is 1150. The van der Waals surface area contributed by atoms with E-state index < -0.39 is 11.7 Å². The van der Waals surface area contributed by atoms with Crippen molar-refractivity contribution in [3.05, 3.63) is 34.1 Å². The van der Waals surface area contributed by atoms with Crippen LogP contribution in [0, 0.1) is 34.5 Å². The number of aromatic nitrogens is 1. The van der Waals surface area contributed by atoms with E-state index in [1.807, 2.05) is 11.9 Å². The summed E-state index contributed by atoms with van der Waals surface area (Å²) in [6.45, 7) is 6.69. The summed E-state index contributed by atoms with van der Waals surface area (Å²) in [6, 6.07) is 0.801. The normalized spacial score (nSPS) is 36.3. The van der Waals surface area contributed by atoms with Crippen LogP contribution < -0.4 is 5.32 Å². The molecule has 196 valence electrons. The lowest BCUT2D eigenvalue weighted by Crippen LogP contribution is -2.54. The molecule has 3 aliphatic carbocycles. The first-order valence-electron chi connectivity index (χ1n) is 12.8. The molecule has 9 heteroatoms. The van der Waals surface area contributed by atoms with Crippen LogP contribution in [0.25, 0.3) is 0 Å². The molecule has 5 nitrogen and oxygen atoms in total. The Morgan fingerprint density at radius 2 is 1.92 bits per heavy atom. The lowest BCUT2D eigenvalue weighted by atomic mass is 9.48. The molecule has 0 aromatic carbocycles. The maximum absolute atomic E-state index is 13.4. The van der Waals surface area contributed by atoms with Crippen LogP contribution >= 0.6 is 11.6 Å². The molecule has 36 heavy (non-hydrogen) atoms.